The molecule has 0 aliphatic rings. The van der Waals surface area contributed by atoms with Gasteiger partial charge >= 0.3 is 12.1 Å². The fourth-order valence-electron chi connectivity index (χ4n) is 0.346. The zero-order valence-corrected chi connectivity index (χ0v) is 6.05. The second-order valence-electron chi connectivity index (χ2n) is 1.47. The Hall–Kier alpha value is -2.50. The lowest BCUT2D eigenvalue weighted by Crippen LogP contribution is -2.40. The Balaban J connectivity index is 4.54. The van der Waals surface area contributed by atoms with E-state index in [1.54, 1.807) is 0 Å². The fraction of sp³-hybridized carbons (Fsp3) is 0. The summed E-state index contributed by atoms with van der Waals surface area (Å²) in [4.78, 5) is 40.1. The van der Waals surface area contributed by atoms with Gasteiger partial charge in [-0.25, -0.2) is 19.2 Å². The third-order valence-electron chi connectivity index (χ3n) is 0.683. The summed E-state index contributed by atoms with van der Waals surface area (Å²) in [6.07, 6.45) is 1.84. The molecule has 0 heterocycles. The van der Waals surface area contributed by atoms with E-state index in [1.165, 1.54) is 5.32 Å². The highest BCUT2D eigenvalue weighted by Crippen LogP contribution is 1.88. The van der Waals surface area contributed by atoms with Crippen LogP contribution in [0.15, 0.2) is 10.2 Å². The van der Waals surface area contributed by atoms with E-state index >= 15 is 0 Å². The molecule has 0 fully saturated rings. The van der Waals surface area contributed by atoms with Gasteiger partial charge in [-0.15, -0.1) is 0 Å². The van der Waals surface area contributed by atoms with Gasteiger partial charge in [-0.05, 0) is 0 Å². The van der Waals surface area contributed by atoms with Gasteiger partial charge in [0.1, 0.15) is 0 Å². The summed E-state index contributed by atoms with van der Waals surface area (Å²) in [6.45, 7) is 0. The third-order valence-corrected chi connectivity index (χ3v) is 0.683. The summed E-state index contributed by atoms with van der Waals surface area (Å²) in [5.74, 6) is 0. The van der Waals surface area contributed by atoms with Gasteiger partial charge in [0.2, 0.25) is 0 Å². The smallest absolute Gasteiger partial charge is 0.351 e. The van der Waals surface area contributed by atoms with Crippen LogP contribution in [0.2, 0.25) is 0 Å². The van der Waals surface area contributed by atoms with Crippen LogP contribution in [0.4, 0.5) is 9.59 Å². The molecule has 4 amide bonds. The van der Waals surface area contributed by atoms with Gasteiger partial charge in [0.15, 0.2) is 0 Å². The molecule has 0 aromatic heterocycles. The van der Waals surface area contributed by atoms with Crippen LogP contribution in [0.5, 0.6) is 0 Å². The van der Waals surface area contributed by atoms with Gasteiger partial charge in [0, 0.05) is 0 Å². The molecule has 0 spiro atoms. The number of hydrogen-bond donors (Lipinski definition) is 2. The minimum atomic E-state index is -1.26. The molecule has 9 heteroatoms. The topological polar surface area (TPSA) is 134 Å². The second kappa shape index (κ2) is 5.19. The molecule has 0 aliphatic heterocycles. The largest absolute Gasteiger partial charge is 0.368 e. The fourth-order valence-corrected chi connectivity index (χ4v) is 0.346. The first-order valence-electron chi connectivity index (χ1n) is 2.68. The standard InChI is InChI=1S/C4H3N5O4/c5-3(12)8-4(13)9(6-1-10)7-2-11/h(H3,5,8,12,13). The molecule has 0 atom stereocenters. The number of urea groups is 2. The molecule has 0 saturated heterocycles. The minimum Gasteiger partial charge on any atom is -0.351 e. The molecule has 0 unspecified atom stereocenters. The maximum atomic E-state index is 10.7. The molecule has 13 heavy (non-hydrogen) atoms. The zero-order valence-electron chi connectivity index (χ0n) is 6.05. The molecule has 9 nitrogen and oxygen atoms in total. The SMILES string of the molecule is NC(=O)NC(=O)N(N=C=O)N=C=O. The van der Waals surface area contributed by atoms with Gasteiger partial charge in [0.25, 0.3) is 12.2 Å². The van der Waals surface area contributed by atoms with Crippen LogP contribution >= 0.6 is 0 Å². The molecular formula is C4H3N5O4. The Morgan fingerprint density at radius 3 is 2.00 bits per heavy atom. The predicted molar refractivity (Wildman–Crippen MR) is 36.2 cm³/mol. The second-order valence-corrected chi connectivity index (χ2v) is 1.47. The summed E-state index contributed by atoms with van der Waals surface area (Å²) < 4.78 is 0. The average molecular weight is 185 g/mol. The molecule has 0 bridgehead atoms. The van der Waals surface area contributed by atoms with E-state index in [0.29, 0.717) is 0 Å². The van der Waals surface area contributed by atoms with Crippen LogP contribution in [-0.2, 0) is 9.59 Å². The molecule has 0 aromatic carbocycles. The summed E-state index contributed by atoms with van der Waals surface area (Å²) >= 11 is 0. The van der Waals surface area contributed by atoms with Crippen LogP contribution < -0.4 is 11.1 Å². The van der Waals surface area contributed by atoms with E-state index in [2.05, 4.69) is 15.9 Å². The lowest BCUT2D eigenvalue weighted by Gasteiger charge is -2.04. The first-order valence-corrected chi connectivity index (χ1v) is 2.68. The summed E-state index contributed by atoms with van der Waals surface area (Å²) in [5, 5.41) is 6.76. The van der Waals surface area contributed by atoms with Crippen LogP contribution in [-0.4, -0.2) is 29.3 Å². The van der Waals surface area contributed by atoms with Crippen LogP contribution in [0, 0.1) is 0 Å². The quantitative estimate of drug-likeness (QED) is 0.310. The molecule has 0 saturated carbocycles. The molecule has 68 valence electrons. The highest BCUT2D eigenvalue weighted by atomic mass is 16.2. The number of amides is 4. The van der Waals surface area contributed by atoms with Gasteiger partial charge in [-0.3, -0.25) is 5.32 Å². The van der Waals surface area contributed by atoms with Crippen molar-refractivity contribution in [1.29, 1.82) is 0 Å². The predicted octanol–water partition coefficient (Wildman–Crippen LogP) is -1.42. The van der Waals surface area contributed by atoms with Crippen molar-refractivity contribution in [3.63, 3.8) is 0 Å². The number of nitrogens with one attached hydrogen (secondary N) is 1. The molecule has 0 rings (SSSR count). The lowest BCUT2D eigenvalue weighted by molar-refractivity contribution is 0.200. The van der Waals surface area contributed by atoms with Gasteiger partial charge < -0.3 is 5.73 Å². The van der Waals surface area contributed by atoms with Crippen LogP contribution in [0.3, 0.4) is 0 Å². The number of primary amides is 1. The number of isocyanates is 2. The van der Waals surface area contributed by atoms with Crippen LogP contribution in [0.25, 0.3) is 0 Å². The van der Waals surface area contributed by atoms with Crippen molar-refractivity contribution in [2.24, 2.45) is 15.9 Å². The Labute approximate surface area is 70.9 Å². The maximum Gasteiger partial charge on any atom is 0.368 e. The van der Waals surface area contributed by atoms with Gasteiger partial charge in [0.05, 0.1) is 0 Å². The van der Waals surface area contributed by atoms with E-state index < -0.39 is 12.1 Å². The van der Waals surface area contributed by atoms with Crippen molar-refractivity contribution in [3.05, 3.63) is 0 Å². The van der Waals surface area contributed by atoms with Gasteiger partial charge in [-0.1, -0.05) is 15.3 Å². The third kappa shape index (κ3) is 4.04. The molecular weight excluding hydrogens is 182 g/mol. The Bertz CT molecular complexity index is 294. The van der Waals surface area contributed by atoms with Crippen molar-refractivity contribution in [1.82, 2.24) is 10.4 Å². The Morgan fingerprint density at radius 1 is 1.23 bits per heavy atom. The van der Waals surface area contributed by atoms with E-state index in [-0.39, 0.29) is 5.12 Å². The van der Waals surface area contributed by atoms with Gasteiger partial charge in [-0.2, -0.15) is 0 Å². The number of hydrogen-bond acceptors (Lipinski definition) is 6. The Morgan fingerprint density at radius 2 is 1.69 bits per heavy atom. The number of imide groups is 1. The average Bonchev–Trinajstić information content (AvgIpc) is 2.02. The number of nitrogens with zero attached hydrogens (tertiary/aromatic N) is 3. The number of hydrazone groups is 2. The summed E-state index contributed by atoms with van der Waals surface area (Å²) in [5.41, 5.74) is 4.55. The monoisotopic (exact) mass is 185 g/mol. The van der Waals surface area contributed by atoms with Crippen LogP contribution in [0.1, 0.15) is 0 Å². The summed E-state index contributed by atoms with van der Waals surface area (Å²) in [6, 6.07) is -2.45. The normalized spacial score (nSPS) is 7.38. The molecule has 3 N–H and O–H groups in total. The number of carbonyl (C=O) groups is 2. The van der Waals surface area contributed by atoms with E-state index in [1.807, 2.05) is 0 Å². The maximum absolute atomic E-state index is 10.7. The highest BCUT2D eigenvalue weighted by molar-refractivity contribution is 5.92. The number of nitrogens with two attached hydrogens (primary N) is 1. The van der Waals surface area contributed by atoms with E-state index in [0.717, 1.165) is 12.2 Å². The summed E-state index contributed by atoms with van der Waals surface area (Å²) in [7, 11) is 0. The highest BCUT2D eigenvalue weighted by Gasteiger charge is 2.13. The lowest BCUT2D eigenvalue weighted by atomic mass is 10.9. The Kier molecular flexibility index (Phi) is 4.19. The molecule has 0 radical (unpaired) electrons. The van der Waals surface area contributed by atoms with Crippen molar-refractivity contribution in [2.45, 2.75) is 0 Å². The van der Waals surface area contributed by atoms with E-state index in [9.17, 15) is 19.2 Å². The first kappa shape index (κ1) is 10.5. The zero-order chi connectivity index (χ0) is 10.3. The van der Waals surface area contributed by atoms with Crippen molar-refractivity contribution < 1.29 is 19.2 Å². The van der Waals surface area contributed by atoms with E-state index in [4.69, 9.17) is 0 Å². The molecule has 0 aromatic rings. The number of carbonyl (C=O) groups excluding carboxylic acids is 4. The number of rotatable bonds is 2. The minimum absolute atomic E-state index is 0.0231. The van der Waals surface area contributed by atoms with Crippen molar-refractivity contribution in [2.75, 3.05) is 0 Å². The van der Waals surface area contributed by atoms with Crippen molar-refractivity contribution in [3.8, 4) is 0 Å². The van der Waals surface area contributed by atoms with Crippen molar-refractivity contribution >= 4 is 24.2 Å². The first-order chi connectivity index (χ1) is 6.11. The molecule has 0 aliphatic carbocycles.